The Labute approximate surface area is 299 Å². The number of hydrogen-bond acceptors (Lipinski definition) is 7. The van der Waals surface area contributed by atoms with Gasteiger partial charge < -0.3 is 0 Å². The van der Waals surface area contributed by atoms with E-state index in [0.717, 1.165) is 11.1 Å². The molecule has 0 saturated heterocycles. The summed E-state index contributed by atoms with van der Waals surface area (Å²) < 4.78 is 30.7. The van der Waals surface area contributed by atoms with Crippen LogP contribution in [0.5, 0.6) is 0 Å². The van der Waals surface area contributed by atoms with E-state index in [0.29, 0.717) is 17.1 Å². The molecule has 0 aliphatic carbocycles. The molecule has 0 aliphatic rings. The van der Waals surface area contributed by atoms with E-state index in [1.54, 1.807) is 48.5 Å². The average Bonchev–Trinajstić information content (AvgIpc) is 3.43. The maximum atomic E-state index is 13.8. The van der Waals surface area contributed by atoms with Crippen LogP contribution in [0.1, 0.15) is 26.5 Å². The lowest BCUT2D eigenvalue weighted by Crippen LogP contribution is -2.15. The molecule has 1 heterocycles. The van der Waals surface area contributed by atoms with E-state index in [4.69, 9.17) is 23.2 Å². The van der Waals surface area contributed by atoms with Gasteiger partial charge in [0, 0.05) is 5.41 Å². The number of anilines is 1. The van der Waals surface area contributed by atoms with Crippen molar-refractivity contribution in [2.24, 2.45) is 20.5 Å². The Morgan fingerprint density at radius 3 is 1.90 bits per heavy atom. The van der Waals surface area contributed by atoms with Gasteiger partial charge in [-0.25, -0.2) is 13.1 Å². The smallest absolute Gasteiger partial charge is 0.292 e. The zero-order chi connectivity index (χ0) is 35.5. The topological polar surface area (TPSA) is 133 Å². The summed E-state index contributed by atoms with van der Waals surface area (Å²) in [6, 6.07) is 35.1. The second kappa shape index (κ2) is 14.2. The number of H-pyrrole nitrogens is 1. The molecule has 0 bridgehead atoms. The number of nitrogens with zero attached hydrogens (tertiary/aromatic N) is 5. The van der Waals surface area contributed by atoms with Gasteiger partial charge in [0.1, 0.15) is 11.4 Å². The van der Waals surface area contributed by atoms with Gasteiger partial charge in [-0.15, -0.1) is 10.2 Å². The van der Waals surface area contributed by atoms with Crippen molar-refractivity contribution in [2.45, 2.75) is 31.1 Å². The Balaban J connectivity index is 1.38. The van der Waals surface area contributed by atoms with Crippen molar-refractivity contribution >= 4 is 61.7 Å². The highest BCUT2D eigenvalue weighted by Crippen LogP contribution is 2.36. The van der Waals surface area contributed by atoms with Gasteiger partial charge in [0.05, 0.1) is 37.7 Å². The zero-order valence-corrected chi connectivity index (χ0v) is 29.5. The highest BCUT2D eigenvalue weighted by Gasteiger charge is 2.27. The van der Waals surface area contributed by atoms with Crippen molar-refractivity contribution < 1.29 is 8.42 Å². The molecule has 50 heavy (non-hydrogen) atoms. The Bertz CT molecular complexity index is 2360. The van der Waals surface area contributed by atoms with E-state index < -0.39 is 21.0 Å². The molecule has 0 atom stereocenters. The first kappa shape index (κ1) is 34.5. The quantitative estimate of drug-likeness (QED) is 0.144. The first-order valence-corrected chi connectivity index (χ1v) is 17.7. The predicted octanol–water partition coefficient (Wildman–Crippen LogP) is 11.1. The lowest BCUT2D eigenvalue weighted by atomic mass is 9.91. The molecule has 6 aromatic rings. The third-order valence-corrected chi connectivity index (χ3v) is 9.56. The molecule has 13 heteroatoms. The number of benzene rings is 5. The van der Waals surface area contributed by atoms with Crippen LogP contribution in [0.3, 0.4) is 0 Å². The summed E-state index contributed by atoms with van der Waals surface area (Å²) in [4.78, 5) is 13.8. The van der Waals surface area contributed by atoms with Gasteiger partial charge >= 0.3 is 0 Å². The standard InChI is InChI=1S/C37H31Cl2N7O3S/c1-37(2,3)35-33(36(47)46(44-35)34-29(38)15-10-16-30(34)39)43-42-31-22-21-27(23-32(31)45-50(48,49)28-13-8-5-9-14-28)41-40-26-19-17-25(18-20-26)24-11-6-4-7-12-24/h4-23,44-45H,1-3H3. The predicted molar refractivity (Wildman–Crippen MR) is 199 cm³/mol. The molecule has 0 radical (unpaired) electrons. The number of halogens is 2. The summed E-state index contributed by atoms with van der Waals surface area (Å²) in [5.41, 5.74) is 2.93. The van der Waals surface area contributed by atoms with Gasteiger partial charge in [-0.1, -0.05) is 111 Å². The number of hydrogen-bond donors (Lipinski definition) is 2. The van der Waals surface area contributed by atoms with E-state index in [-0.39, 0.29) is 37.7 Å². The molecule has 0 spiro atoms. The minimum atomic E-state index is -4.04. The molecule has 252 valence electrons. The van der Waals surface area contributed by atoms with Crippen molar-refractivity contribution in [2.75, 3.05) is 4.72 Å². The Kier molecular flexibility index (Phi) is 9.83. The summed E-state index contributed by atoms with van der Waals surface area (Å²) in [5, 5.41) is 21.0. The molecule has 0 aliphatic heterocycles. The molecule has 0 fully saturated rings. The number of sulfonamides is 1. The fourth-order valence-electron chi connectivity index (χ4n) is 5.03. The molecular formula is C37H31Cl2N7O3S. The van der Waals surface area contributed by atoms with Gasteiger partial charge in [-0.3, -0.25) is 14.6 Å². The van der Waals surface area contributed by atoms with Crippen LogP contribution >= 0.6 is 23.2 Å². The van der Waals surface area contributed by atoms with Crippen LogP contribution in [-0.2, 0) is 15.4 Å². The maximum absolute atomic E-state index is 13.8. The Morgan fingerprint density at radius 2 is 1.26 bits per heavy atom. The molecule has 6 rings (SSSR count). The molecule has 0 amide bonds. The molecule has 0 saturated carbocycles. The van der Waals surface area contributed by atoms with Gasteiger partial charge in [0.15, 0.2) is 5.69 Å². The largest absolute Gasteiger partial charge is 0.299 e. The SMILES string of the molecule is CC(C)(C)c1[nH]n(-c2c(Cl)cccc2Cl)c(=O)c1N=Nc1ccc(N=Nc2ccc(-c3ccccc3)cc2)cc1NS(=O)(=O)c1ccccc1. The van der Waals surface area contributed by atoms with Crippen molar-refractivity contribution in [3.05, 3.63) is 147 Å². The number of para-hydroxylation sites is 1. The van der Waals surface area contributed by atoms with Crippen LogP contribution in [0.25, 0.3) is 16.8 Å². The second-order valence-electron chi connectivity index (χ2n) is 12.2. The normalized spacial score (nSPS) is 12.2. The van der Waals surface area contributed by atoms with E-state index in [2.05, 4.69) is 30.3 Å². The number of nitrogens with one attached hydrogen (secondary N) is 2. The Hall–Kier alpha value is -5.36. The van der Waals surface area contributed by atoms with Crippen LogP contribution in [0.15, 0.2) is 151 Å². The van der Waals surface area contributed by atoms with Gasteiger partial charge in [0.25, 0.3) is 15.6 Å². The van der Waals surface area contributed by atoms with Crippen LogP contribution < -0.4 is 10.3 Å². The van der Waals surface area contributed by atoms with E-state index >= 15 is 0 Å². The summed E-state index contributed by atoms with van der Waals surface area (Å²) in [5.74, 6) is 0. The van der Waals surface area contributed by atoms with E-state index in [1.807, 2.05) is 75.4 Å². The minimum absolute atomic E-state index is 0.00747. The van der Waals surface area contributed by atoms with Gasteiger partial charge in [0.2, 0.25) is 0 Å². The van der Waals surface area contributed by atoms with Crippen LogP contribution in [0.4, 0.5) is 28.4 Å². The average molecular weight is 725 g/mol. The summed E-state index contributed by atoms with van der Waals surface area (Å²) in [7, 11) is -4.04. The van der Waals surface area contributed by atoms with Crippen LogP contribution in [0.2, 0.25) is 10.0 Å². The number of aromatic nitrogens is 2. The lowest BCUT2D eigenvalue weighted by Gasteiger charge is -2.17. The lowest BCUT2D eigenvalue weighted by molar-refractivity contribution is 0.560. The molecular weight excluding hydrogens is 693 g/mol. The van der Waals surface area contributed by atoms with Crippen molar-refractivity contribution in [1.29, 1.82) is 0 Å². The number of rotatable bonds is 9. The molecule has 1 aromatic heterocycles. The van der Waals surface area contributed by atoms with Gasteiger partial charge in [-0.2, -0.15) is 10.2 Å². The summed E-state index contributed by atoms with van der Waals surface area (Å²) in [6.45, 7) is 5.72. The zero-order valence-electron chi connectivity index (χ0n) is 27.2. The van der Waals surface area contributed by atoms with E-state index in [9.17, 15) is 13.2 Å². The molecule has 10 nitrogen and oxygen atoms in total. The molecule has 2 N–H and O–H groups in total. The van der Waals surface area contributed by atoms with Crippen molar-refractivity contribution in [1.82, 2.24) is 9.78 Å². The highest BCUT2D eigenvalue weighted by molar-refractivity contribution is 7.92. The number of azo groups is 2. The summed E-state index contributed by atoms with van der Waals surface area (Å²) >= 11 is 12.9. The molecule has 5 aromatic carbocycles. The van der Waals surface area contributed by atoms with Gasteiger partial charge in [-0.05, 0) is 65.7 Å². The fraction of sp³-hybridized carbons (Fsp3) is 0.108. The first-order valence-electron chi connectivity index (χ1n) is 15.4. The molecule has 0 unspecified atom stereocenters. The first-order chi connectivity index (χ1) is 23.9. The maximum Gasteiger partial charge on any atom is 0.299 e. The fourth-order valence-corrected chi connectivity index (χ4v) is 6.69. The summed E-state index contributed by atoms with van der Waals surface area (Å²) in [6.07, 6.45) is 0. The third kappa shape index (κ3) is 7.60. The minimum Gasteiger partial charge on any atom is -0.292 e. The monoisotopic (exact) mass is 723 g/mol. The van der Waals surface area contributed by atoms with E-state index in [1.165, 1.54) is 22.9 Å². The second-order valence-corrected chi connectivity index (χ2v) is 14.7. The van der Waals surface area contributed by atoms with Crippen LogP contribution in [-0.4, -0.2) is 18.2 Å². The third-order valence-electron chi connectivity index (χ3n) is 7.57. The number of aromatic amines is 1. The van der Waals surface area contributed by atoms with Crippen LogP contribution in [0, 0.1) is 0 Å². The van der Waals surface area contributed by atoms with Crippen molar-refractivity contribution in [3.8, 4) is 16.8 Å². The van der Waals surface area contributed by atoms with Crippen molar-refractivity contribution in [3.63, 3.8) is 0 Å². The Morgan fingerprint density at radius 1 is 0.680 bits per heavy atom. The highest BCUT2D eigenvalue weighted by atomic mass is 35.5.